The summed E-state index contributed by atoms with van der Waals surface area (Å²) in [4.78, 5) is 12.3. The normalized spacial score (nSPS) is 12.2. The van der Waals surface area contributed by atoms with Gasteiger partial charge in [-0.05, 0) is 30.9 Å². The summed E-state index contributed by atoms with van der Waals surface area (Å²) in [6.07, 6.45) is 2.04. The second kappa shape index (κ2) is 6.03. The van der Waals surface area contributed by atoms with Gasteiger partial charge in [0.2, 0.25) is 5.91 Å². The zero-order chi connectivity index (χ0) is 11.3. The van der Waals surface area contributed by atoms with Gasteiger partial charge in [-0.1, -0.05) is 12.1 Å². The summed E-state index contributed by atoms with van der Waals surface area (Å²) in [6.45, 7) is 1.94. The van der Waals surface area contributed by atoms with E-state index in [1.165, 1.54) is 4.90 Å². The van der Waals surface area contributed by atoms with Gasteiger partial charge in [0.25, 0.3) is 0 Å². The number of nitrogens with one attached hydrogen (secondary N) is 1. The van der Waals surface area contributed by atoms with Gasteiger partial charge in [0.05, 0.1) is 6.04 Å². The van der Waals surface area contributed by atoms with Crippen LogP contribution >= 0.6 is 23.4 Å². The topological polar surface area (TPSA) is 29.1 Å². The summed E-state index contributed by atoms with van der Waals surface area (Å²) in [7, 11) is 0. The molecule has 0 aliphatic carbocycles. The average Bonchev–Trinajstić information content (AvgIpc) is 2.29. The lowest BCUT2D eigenvalue weighted by atomic mass is 10.1. The molecule has 1 amide bonds. The molecular weight excluding hydrogens is 230 g/mol. The molecule has 0 radical (unpaired) electrons. The van der Waals surface area contributed by atoms with Gasteiger partial charge in [0, 0.05) is 4.90 Å². The molecule has 82 valence electrons. The van der Waals surface area contributed by atoms with E-state index >= 15 is 0 Å². The first-order valence-corrected chi connectivity index (χ1v) is 6.42. The number of thioether (sulfide) groups is 1. The maximum absolute atomic E-state index is 11.1. The number of rotatable bonds is 4. The maximum atomic E-state index is 11.1. The molecule has 1 rings (SSSR count). The van der Waals surface area contributed by atoms with E-state index in [1.54, 1.807) is 11.8 Å². The van der Waals surface area contributed by atoms with Gasteiger partial charge >= 0.3 is 0 Å². The maximum Gasteiger partial charge on any atom is 0.235 e. The molecule has 2 nitrogen and oxygen atoms in total. The quantitative estimate of drug-likeness (QED) is 0.651. The average molecular weight is 244 g/mol. The number of carbonyl (C=O) groups is 1. The monoisotopic (exact) mass is 243 g/mol. The summed E-state index contributed by atoms with van der Waals surface area (Å²) in [5.41, 5.74) is 1.09. The first kappa shape index (κ1) is 12.4. The zero-order valence-electron chi connectivity index (χ0n) is 8.79. The van der Waals surface area contributed by atoms with Crippen molar-refractivity contribution in [3.63, 3.8) is 0 Å². The highest BCUT2D eigenvalue weighted by molar-refractivity contribution is 7.98. The highest BCUT2D eigenvalue weighted by Crippen LogP contribution is 2.18. The molecular formula is C11H14ClNOS. The zero-order valence-corrected chi connectivity index (χ0v) is 10.4. The van der Waals surface area contributed by atoms with Crippen LogP contribution in [0.5, 0.6) is 0 Å². The van der Waals surface area contributed by atoms with E-state index < -0.39 is 0 Å². The van der Waals surface area contributed by atoms with Gasteiger partial charge in [-0.3, -0.25) is 4.79 Å². The minimum atomic E-state index is -0.141. The third-order valence-electron chi connectivity index (χ3n) is 2.11. The molecule has 4 heteroatoms. The lowest BCUT2D eigenvalue weighted by Crippen LogP contribution is -2.27. The highest BCUT2D eigenvalue weighted by Gasteiger charge is 2.07. The summed E-state index contributed by atoms with van der Waals surface area (Å²) >= 11 is 7.11. The number of halogens is 1. The Labute approximate surface area is 99.4 Å². The van der Waals surface area contributed by atoms with Crippen molar-refractivity contribution in [2.75, 3.05) is 12.1 Å². The van der Waals surface area contributed by atoms with Crippen molar-refractivity contribution in [2.45, 2.75) is 17.9 Å². The molecule has 15 heavy (non-hydrogen) atoms. The summed E-state index contributed by atoms with van der Waals surface area (Å²) in [6, 6.07) is 8.13. The van der Waals surface area contributed by atoms with E-state index in [4.69, 9.17) is 11.6 Å². The Kier molecular flexibility index (Phi) is 4.99. The standard InChI is InChI=1S/C11H14ClNOS/c1-8(13-11(14)7-12)9-3-5-10(15-2)6-4-9/h3-6,8H,7H2,1-2H3,(H,13,14). The number of carbonyl (C=O) groups excluding carboxylic acids is 1. The van der Waals surface area contributed by atoms with Crippen LogP contribution in [0.15, 0.2) is 29.2 Å². The fraction of sp³-hybridized carbons (Fsp3) is 0.364. The Morgan fingerprint density at radius 3 is 2.53 bits per heavy atom. The molecule has 0 aliphatic rings. The van der Waals surface area contributed by atoms with Gasteiger partial charge in [0.1, 0.15) is 5.88 Å². The summed E-state index contributed by atoms with van der Waals surface area (Å²) < 4.78 is 0. The molecule has 0 saturated heterocycles. The number of amides is 1. The van der Waals surface area contributed by atoms with Crippen LogP contribution in [0.3, 0.4) is 0 Å². The van der Waals surface area contributed by atoms with E-state index in [1.807, 2.05) is 37.4 Å². The Hall–Kier alpha value is -0.670. The van der Waals surface area contributed by atoms with Gasteiger partial charge < -0.3 is 5.32 Å². The smallest absolute Gasteiger partial charge is 0.235 e. The number of benzene rings is 1. The van der Waals surface area contributed by atoms with Crippen molar-refractivity contribution in [2.24, 2.45) is 0 Å². The van der Waals surface area contributed by atoms with Crippen molar-refractivity contribution < 1.29 is 4.79 Å². The van der Waals surface area contributed by atoms with E-state index in [0.29, 0.717) is 0 Å². The van der Waals surface area contributed by atoms with Crippen molar-refractivity contribution in [1.82, 2.24) is 5.32 Å². The Balaban J connectivity index is 2.65. The molecule has 0 aliphatic heterocycles. The molecule has 1 atom stereocenters. The third kappa shape index (κ3) is 3.76. The molecule has 0 heterocycles. The van der Waals surface area contributed by atoms with Crippen LogP contribution in [0.2, 0.25) is 0 Å². The Morgan fingerprint density at radius 1 is 1.47 bits per heavy atom. The minimum absolute atomic E-state index is 0.00663. The van der Waals surface area contributed by atoms with E-state index in [0.717, 1.165) is 5.56 Å². The van der Waals surface area contributed by atoms with Crippen LogP contribution in [0, 0.1) is 0 Å². The summed E-state index contributed by atoms with van der Waals surface area (Å²) in [5.74, 6) is -0.133. The van der Waals surface area contributed by atoms with Crippen LogP contribution < -0.4 is 5.32 Å². The molecule has 1 aromatic carbocycles. The molecule has 1 N–H and O–H groups in total. The molecule has 1 aromatic rings. The van der Waals surface area contributed by atoms with Gasteiger partial charge in [-0.2, -0.15) is 0 Å². The number of alkyl halides is 1. The highest BCUT2D eigenvalue weighted by atomic mass is 35.5. The van der Waals surface area contributed by atoms with Crippen molar-refractivity contribution >= 4 is 29.3 Å². The third-order valence-corrected chi connectivity index (χ3v) is 3.10. The fourth-order valence-corrected chi connectivity index (χ4v) is 1.74. The largest absolute Gasteiger partial charge is 0.349 e. The predicted molar refractivity (Wildman–Crippen MR) is 65.5 cm³/mol. The summed E-state index contributed by atoms with van der Waals surface area (Å²) in [5, 5.41) is 2.81. The fourth-order valence-electron chi connectivity index (χ4n) is 1.26. The van der Waals surface area contributed by atoms with Crippen molar-refractivity contribution in [3.05, 3.63) is 29.8 Å². The second-order valence-electron chi connectivity index (χ2n) is 3.20. The van der Waals surface area contributed by atoms with Gasteiger partial charge in [-0.15, -0.1) is 23.4 Å². The number of hydrogen-bond acceptors (Lipinski definition) is 2. The van der Waals surface area contributed by atoms with Gasteiger partial charge in [-0.25, -0.2) is 0 Å². The van der Waals surface area contributed by atoms with Crippen LogP contribution in [-0.2, 0) is 4.79 Å². The molecule has 1 unspecified atom stereocenters. The first-order valence-electron chi connectivity index (χ1n) is 4.66. The van der Waals surface area contributed by atoms with Crippen LogP contribution in [0.1, 0.15) is 18.5 Å². The molecule has 0 saturated carbocycles. The minimum Gasteiger partial charge on any atom is -0.349 e. The SMILES string of the molecule is CSc1ccc(C(C)NC(=O)CCl)cc1. The van der Waals surface area contributed by atoms with Crippen molar-refractivity contribution in [3.8, 4) is 0 Å². The molecule has 0 aromatic heterocycles. The lowest BCUT2D eigenvalue weighted by Gasteiger charge is -2.13. The van der Waals surface area contributed by atoms with Crippen LogP contribution in [-0.4, -0.2) is 18.0 Å². The lowest BCUT2D eigenvalue weighted by molar-refractivity contribution is -0.119. The van der Waals surface area contributed by atoms with E-state index in [2.05, 4.69) is 5.32 Å². The molecule has 0 spiro atoms. The van der Waals surface area contributed by atoms with Gasteiger partial charge in [0.15, 0.2) is 0 Å². The van der Waals surface area contributed by atoms with E-state index in [9.17, 15) is 4.79 Å². The van der Waals surface area contributed by atoms with Crippen molar-refractivity contribution in [1.29, 1.82) is 0 Å². The first-order chi connectivity index (χ1) is 7.17. The molecule has 0 bridgehead atoms. The number of hydrogen-bond donors (Lipinski definition) is 1. The van der Waals surface area contributed by atoms with E-state index in [-0.39, 0.29) is 17.8 Å². The Bertz CT molecular complexity index is 326. The molecule has 0 fully saturated rings. The predicted octanol–water partition coefficient (Wildman–Crippen LogP) is 2.82. The van der Waals surface area contributed by atoms with Crippen LogP contribution in [0.25, 0.3) is 0 Å². The Morgan fingerprint density at radius 2 is 2.07 bits per heavy atom. The second-order valence-corrected chi connectivity index (χ2v) is 4.34. The van der Waals surface area contributed by atoms with Crippen LogP contribution in [0.4, 0.5) is 0 Å².